The molecule has 5 nitrogen and oxygen atoms in total. The van der Waals surface area contributed by atoms with Gasteiger partial charge in [-0.05, 0) is 54.0 Å². The first kappa shape index (κ1) is 14.5. The number of hydrogen-bond donors (Lipinski definition) is 1. The van der Waals surface area contributed by atoms with E-state index in [1.807, 2.05) is 23.6 Å². The van der Waals surface area contributed by atoms with E-state index in [2.05, 4.69) is 9.82 Å². The molecule has 1 aromatic carbocycles. The summed E-state index contributed by atoms with van der Waals surface area (Å²) in [6.45, 7) is 0. The van der Waals surface area contributed by atoms with E-state index in [4.69, 9.17) is 0 Å². The molecule has 0 spiro atoms. The van der Waals surface area contributed by atoms with Crippen molar-refractivity contribution < 1.29 is 8.42 Å². The second kappa shape index (κ2) is 5.50. The summed E-state index contributed by atoms with van der Waals surface area (Å²) in [5.74, 6) is 0.397. The van der Waals surface area contributed by atoms with Gasteiger partial charge in [0.05, 0.1) is 11.4 Å². The maximum Gasteiger partial charge on any atom is 0.271 e. The SMILES string of the molecule is O=S(=O)(Nc1ccccc1-n1cccn1)c1sccc1C1CC1. The van der Waals surface area contributed by atoms with Crippen molar-refractivity contribution in [3.63, 3.8) is 0 Å². The Morgan fingerprint density at radius 2 is 2.00 bits per heavy atom. The summed E-state index contributed by atoms with van der Waals surface area (Å²) < 4.78 is 30.4. The van der Waals surface area contributed by atoms with Crippen LogP contribution in [0.3, 0.4) is 0 Å². The van der Waals surface area contributed by atoms with Gasteiger partial charge in [-0.3, -0.25) is 4.72 Å². The Morgan fingerprint density at radius 1 is 1.17 bits per heavy atom. The molecule has 0 unspecified atom stereocenters. The highest BCUT2D eigenvalue weighted by atomic mass is 32.2. The van der Waals surface area contributed by atoms with Crippen LogP contribution in [0.25, 0.3) is 5.69 Å². The summed E-state index contributed by atoms with van der Waals surface area (Å²) in [4.78, 5) is 0. The molecule has 1 fully saturated rings. The molecule has 1 aliphatic carbocycles. The Labute approximate surface area is 138 Å². The quantitative estimate of drug-likeness (QED) is 0.768. The number of nitrogens with one attached hydrogen (secondary N) is 1. The molecule has 0 bridgehead atoms. The fourth-order valence-electron chi connectivity index (χ4n) is 2.58. The standard InChI is InChI=1S/C16H15N3O2S2/c20-23(21,16-13(8-11-22-16)12-6-7-12)18-14-4-1-2-5-15(14)19-10-3-9-17-19/h1-5,8-12,18H,6-7H2. The first-order chi connectivity index (χ1) is 11.1. The summed E-state index contributed by atoms with van der Waals surface area (Å²) in [6, 6.07) is 11.0. The monoisotopic (exact) mass is 345 g/mol. The lowest BCUT2D eigenvalue weighted by molar-refractivity contribution is 0.602. The molecule has 1 aliphatic rings. The van der Waals surface area contributed by atoms with Crippen molar-refractivity contribution in [1.29, 1.82) is 0 Å². The van der Waals surface area contributed by atoms with Crippen LogP contribution >= 0.6 is 11.3 Å². The van der Waals surface area contributed by atoms with Gasteiger partial charge in [0.2, 0.25) is 0 Å². The molecule has 0 atom stereocenters. The van der Waals surface area contributed by atoms with E-state index in [-0.39, 0.29) is 0 Å². The van der Waals surface area contributed by atoms with Crippen LogP contribution < -0.4 is 4.72 Å². The highest BCUT2D eigenvalue weighted by Crippen LogP contribution is 2.45. The third-order valence-electron chi connectivity index (χ3n) is 3.82. The number of nitrogens with zero attached hydrogens (tertiary/aromatic N) is 2. The van der Waals surface area contributed by atoms with Crippen molar-refractivity contribution >= 4 is 27.0 Å². The molecule has 4 rings (SSSR count). The highest BCUT2D eigenvalue weighted by Gasteiger charge is 2.31. The van der Waals surface area contributed by atoms with Gasteiger partial charge < -0.3 is 0 Å². The van der Waals surface area contributed by atoms with Gasteiger partial charge in [0, 0.05) is 12.4 Å². The molecule has 1 saturated carbocycles. The lowest BCUT2D eigenvalue weighted by atomic mass is 10.2. The molecular weight excluding hydrogens is 330 g/mol. The smallest absolute Gasteiger partial charge is 0.271 e. The van der Waals surface area contributed by atoms with Crippen LogP contribution in [0.5, 0.6) is 0 Å². The second-order valence-electron chi connectivity index (χ2n) is 5.51. The molecular formula is C16H15N3O2S2. The number of aromatic nitrogens is 2. The van der Waals surface area contributed by atoms with Crippen LogP contribution in [0.4, 0.5) is 5.69 Å². The lowest BCUT2D eigenvalue weighted by Crippen LogP contribution is -2.15. The summed E-state index contributed by atoms with van der Waals surface area (Å²) in [7, 11) is -3.59. The van der Waals surface area contributed by atoms with Crippen molar-refractivity contribution in [2.45, 2.75) is 23.0 Å². The van der Waals surface area contributed by atoms with Gasteiger partial charge in [-0.2, -0.15) is 5.10 Å². The number of benzene rings is 1. The molecule has 7 heteroatoms. The molecule has 0 amide bonds. The molecule has 23 heavy (non-hydrogen) atoms. The zero-order valence-corrected chi connectivity index (χ0v) is 13.8. The minimum absolute atomic E-state index is 0.397. The zero-order chi connectivity index (χ0) is 15.9. The van der Waals surface area contributed by atoms with E-state index in [9.17, 15) is 8.42 Å². The van der Waals surface area contributed by atoms with Crippen LogP contribution in [-0.2, 0) is 10.0 Å². The molecule has 2 aromatic heterocycles. The highest BCUT2D eigenvalue weighted by molar-refractivity contribution is 7.94. The van der Waals surface area contributed by atoms with Crippen molar-refractivity contribution in [2.75, 3.05) is 4.72 Å². The maximum atomic E-state index is 12.8. The van der Waals surface area contributed by atoms with Gasteiger partial charge in [-0.1, -0.05) is 12.1 Å². The normalized spacial score (nSPS) is 14.8. The number of hydrogen-bond acceptors (Lipinski definition) is 4. The van der Waals surface area contributed by atoms with Gasteiger partial charge in [-0.25, -0.2) is 13.1 Å². The predicted molar refractivity (Wildman–Crippen MR) is 90.7 cm³/mol. The van der Waals surface area contributed by atoms with E-state index < -0.39 is 10.0 Å². The van der Waals surface area contributed by atoms with Gasteiger partial charge in [0.15, 0.2) is 0 Å². The van der Waals surface area contributed by atoms with Crippen LogP contribution in [0.1, 0.15) is 24.3 Å². The predicted octanol–water partition coefficient (Wildman–Crippen LogP) is 3.61. The van der Waals surface area contributed by atoms with E-state index >= 15 is 0 Å². The van der Waals surface area contributed by atoms with Crippen molar-refractivity contribution in [3.8, 4) is 5.69 Å². The van der Waals surface area contributed by atoms with Gasteiger partial charge in [0.1, 0.15) is 4.21 Å². The Hall–Kier alpha value is -2.12. The number of anilines is 1. The molecule has 118 valence electrons. The van der Waals surface area contributed by atoms with Crippen LogP contribution in [0, 0.1) is 0 Å². The van der Waals surface area contributed by atoms with Crippen LogP contribution in [0.15, 0.2) is 58.4 Å². The molecule has 0 saturated heterocycles. The molecule has 0 radical (unpaired) electrons. The average Bonchev–Trinajstić information content (AvgIpc) is 3.04. The number of rotatable bonds is 5. The first-order valence-electron chi connectivity index (χ1n) is 7.34. The first-order valence-corrected chi connectivity index (χ1v) is 9.71. The summed E-state index contributed by atoms with van der Waals surface area (Å²) in [5.41, 5.74) is 2.16. The van der Waals surface area contributed by atoms with Crippen molar-refractivity contribution in [2.24, 2.45) is 0 Å². The van der Waals surface area contributed by atoms with Gasteiger partial charge >= 0.3 is 0 Å². The third-order valence-corrected chi connectivity index (χ3v) is 6.70. The molecule has 1 N–H and O–H groups in total. The van der Waals surface area contributed by atoms with E-state index in [0.29, 0.717) is 21.5 Å². The fourth-order valence-corrected chi connectivity index (χ4v) is 5.19. The Morgan fingerprint density at radius 3 is 2.74 bits per heavy atom. The van der Waals surface area contributed by atoms with E-state index in [0.717, 1.165) is 18.4 Å². The second-order valence-corrected chi connectivity index (χ2v) is 8.30. The Balaban J connectivity index is 1.72. The fraction of sp³-hybridized carbons (Fsp3) is 0.188. The summed E-state index contributed by atoms with van der Waals surface area (Å²) in [5, 5.41) is 6.03. The molecule has 2 heterocycles. The minimum Gasteiger partial charge on any atom is -0.277 e. The van der Waals surface area contributed by atoms with Gasteiger partial charge in [-0.15, -0.1) is 11.3 Å². The van der Waals surface area contributed by atoms with E-state index in [1.165, 1.54) is 11.3 Å². The van der Waals surface area contributed by atoms with Crippen LogP contribution in [-0.4, -0.2) is 18.2 Å². The largest absolute Gasteiger partial charge is 0.277 e. The Kier molecular flexibility index (Phi) is 3.46. The van der Waals surface area contributed by atoms with Crippen LogP contribution in [0.2, 0.25) is 0 Å². The van der Waals surface area contributed by atoms with Crippen molar-refractivity contribution in [3.05, 3.63) is 59.7 Å². The average molecular weight is 345 g/mol. The molecule has 3 aromatic rings. The van der Waals surface area contributed by atoms with Crippen molar-refractivity contribution in [1.82, 2.24) is 9.78 Å². The molecule has 0 aliphatic heterocycles. The van der Waals surface area contributed by atoms with E-state index in [1.54, 1.807) is 35.3 Å². The minimum atomic E-state index is -3.59. The maximum absolute atomic E-state index is 12.8. The zero-order valence-electron chi connectivity index (χ0n) is 12.2. The number of thiophene rings is 1. The van der Waals surface area contributed by atoms with Gasteiger partial charge in [0.25, 0.3) is 10.0 Å². The lowest BCUT2D eigenvalue weighted by Gasteiger charge is -2.12. The number of para-hydroxylation sites is 2. The number of sulfonamides is 1. The Bertz CT molecular complexity index is 926. The summed E-state index contributed by atoms with van der Waals surface area (Å²) >= 11 is 1.27. The third kappa shape index (κ3) is 2.77. The topological polar surface area (TPSA) is 64.0 Å². The summed E-state index contributed by atoms with van der Waals surface area (Å²) in [6.07, 6.45) is 5.59.